The molecule has 0 aromatic heterocycles. The SMILES string of the molecule is CC1(C)[C@@H](O)CC[C@]2(C)[C@H]3C(=O)C=C4[C@@H]5C[C@@](C)(C(=O)NCCO)CC[C@]5(C)CC[C@@]4(C)[C@]3(C)CC[C@@H]12. The minimum atomic E-state index is -0.480. The highest BCUT2D eigenvalue weighted by molar-refractivity contribution is 5.95. The van der Waals surface area contributed by atoms with Gasteiger partial charge in [0.2, 0.25) is 5.91 Å². The second kappa shape index (κ2) is 8.40. The maximum absolute atomic E-state index is 14.4. The number of rotatable bonds is 3. The molecule has 208 valence electrons. The molecule has 0 aromatic carbocycles. The molecule has 0 bridgehead atoms. The van der Waals surface area contributed by atoms with E-state index in [0.717, 1.165) is 57.8 Å². The monoisotopic (exact) mass is 513 g/mol. The molecule has 5 aliphatic carbocycles. The van der Waals surface area contributed by atoms with Gasteiger partial charge in [0, 0.05) is 17.9 Å². The van der Waals surface area contributed by atoms with Gasteiger partial charge in [-0.25, -0.2) is 0 Å². The Bertz CT molecular complexity index is 1020. The van der Waals surface area contributed by atoms with E-state index in [9.17, 15) is 19.8 Å². The van der Waals surface area contributed by atoms with E-state index in [2.05, 4.69) is 59.9 Å². The van der Waals surface area contributed by atoms with Crippen molar-refractivity contribution in [2.45, 2.75) is 112 Å². The van der Waals surface area contributed by atoms with Gasteiger partial charge in [-0.3, -0.25) is 9.59 Å². The fraction of sp³-hybridized carbons (Fsp3) is 0.875. The largest absolute Gasteiger partial charge is 0.395 e. The first-order valence-electron chi connectivity index (χ1n) is 14.9. The Labute approximate surface area is 224 Å². The van der Waals surface area contributed by atoms with Crippen LogP contribution in [0.2, 0.25) is 0 Å². The molecule has 0 spiro atoms. The number of ketones is 1. The number of hydrogen-bond acceptors (Lipinski definition) is 4. The number of allylic oxidation sites excluding steroid dienone is 2. The third kappa shape index (κ3) is 3.54. The van der Waals surface area contributed by atoms with Crippen molar-refractivity contribution in [2.75, 3.05) is 13.2 Å². The summed E-state index contributed by atoms with van der Waals surface area (Å²) in [6, 6.07) is 0. The van der Waals surface area contributed by atoms with Crippen LogP contribution in [0, 0.1) is 50.2 Å². The molecule has 0 unspecified atom stereocenters. The molecule has 0 aromatic rings. The van der Waals surface area contributed by atoms with Gasteiger partial charge in [0.15, 0.2) is 5.78 Å². The smallest absolute Gasteiger partial charge is 0.226 e. The molecular weight excluding hydrogens is 462 g/mol. The minimum absolute atomic E-state index is 0.0218. The molecule has 37 heavy (non-hydrogen) atoms. The molecule has 4 fully saturated rings. The second-order valence-corrected chi connectivity index (χ2v) is 15.6. The summed E-state index contributed by atoms with van der Waals surface area (Å²) < 4.78 is 0. The first kappa shape index (κ1) is 27.4. The van der Waals surface area contributed by atoms with Crippen molar-refractivity contribution in [3.63, 3.8) is 0 Å². The Balaban J connectivity index is 1.56. The fourth-order valence-electron chi connectivity index (χ4n) is 10.8. The number of aliphatic hydroxyl groups is 2. The third-order valence-electron chi connectivity index (χ3n) is 13.5. The Morgan fingerprint density at radius 1 is 0.973 bits per heavy atom. The lowest BCUT2D eigenvalue weighted by atomic mass is 9.33. The Morgan fingerprint density at radius 2 is 1.65 bits per heavy atom. The summed E-state index contributed by atoms with van der Waals surface area (Å²) in [7, 11) is 0. The number of carbonyl (C=O) groups excluding carboxylic acids is 2. The van der Waals surface area contributed by atoms with E-state index in [1.165, 1.54) is 5.57 Å². The summed E-state index contributed by atoms with van der Waals surface area (Å²) in [5.74, 6) is 0.883. The van der Waals surface area contributed by atoms with Gasteiger partial charge in [0.1, 0.15) is 0 Å². The van der Waals surface area contributed by atoms with Gasteiger partial charge in [0.25, 0.3) is 0 Å². The molecule has 0 aliphatic heterocycles. The normalized spacial score (nSPS) is 50.6. The Hall–Kier alpha value is -1.20. The van der Waals surface area contributed by atoms with Gasteiger partial charge in [-0.1, -0.05) is 54.0 Å². The van der Waals surface area contributed by atoms with Crippen molar-refractivity contribution in [2.24, 2.45) is 50.2 Å². The first-order valence-corrected chi connectivity index (χ1v) is 14.9. The standard InChI is InChI=1S/C32H51NO4/c1-27(2)23-8-11-32(7)25(30(23,5)10-9-24(27)36)22(35)18-20-21-19-29(4,26(37)33-16-17-34)13-12-28(21,3)14-15-31(20,32)6/h18,21,23-25,34,36H,8-17,19H2,1-7H3,(H,33,37)/t21-,23-,24-,25+,28+,29-,30-,31+,32+/m0/s1. The highest BCUT2D eigenvalue weighted by Crippen LogP contribution is 2.75. The van der Waals surface area contributed by atoms with E-state index in [4.69, 9.17) is 0 Å². The molecule has 0 heterocycles. The molecule has 5 nitrogen and oxygen atoms in total. The highest BCUT2D eigenvalue weighted by atomic mass is 16.3. The van der Waals surface area contributed by atoms with Crippen LogP contribution in [0.4, 0.5) is 0 Å². The molecule has 1 amide bonds. The van der Waals surface area contributed by atoms with Crippen LogP contribution in [0.1, 0.15) is 106 Å². The van der Waals surface area contributed by atoms with Crippen molar-refractivity contribution >= 4 is 11.7 Å². The van der Waals surface area contributed by atoms with Gasteiger partial charge >= 0.3 is 0 Å². The Kier molecular flexibility index (Phi) is 6.21. The quantitative estimate of drug-likeness (QED) is 0.469. The van der Waals surface area contributed by atoms with E-state index in [0.29, 0.717) is 18.2 Å². The maximum atomic E-state index is 14.4. The first-order chi connectivity index (χ1) is 17.1. The van der Waals surface area contributed by atoms with Gasteiger partial charge in [-0.2, -0.15) is 0 Å². The molecule has 4 saturated carbocycles. The summed E-state index contributed by atoms with van der Waals surface area (Å²) in [6.45, 7) is 16.4. The minimum Gasteiger partial charge on any atom is -0.395 e. The lowest BCUT2D eigenvalue weighted by molar-refractivity contribution is -0.202. The van der Waals surface area contributed by atoms with Crippen LogP contribution in [0.5, 0.6) is 0 Å². The second-order valence-electron chi connectivity index (χ2n) is 15.6. The highest BCUT2D eigenvalue weighted by Gasteiger charge is 2.70. The van der Waals surface area contributed by atoms with Crippen molar-refractivity contribution in [1.82, 2.24) is 5.32 Å². The van der Waals surface area contributed by atoms with E-state index in [1.807, 2.05) is 0 Å². The van der Waals surface area contributed by atoms with E-state index >= 15 is 0 Å². The van der Waals surface area contributed by atoms with E-state index in [1.54, 1.807) is 0 Å². The number of amides is 1. The van der Waals surface area contributed by atoms with Crippen molar-refractivity contribution in [3.05, 3.63) is 11.6 Å². The zero-order valence-corrected chi connectivity index (χ0v) is 24.4. The molecule has 5 rings (SSSR count). The van der Waals surface area contributed by atoms with Crippen LogP contribution in [-0.2, 0) is 9.59 Å². The number of hydrogen-bond donors (Lipinski definition) is 3. The van der Waals surface area contributed by atoms with Gasteiger partial charge < -0.3 is 15.5 Å². The summed E-state index contributed by atoms with van der Waals surface area (Å²) in [6.07, 6.45) is 10.4. The molecular formula is C32H51NO4. The zero-order chi connectivity index (χ0) is 27.2. The lowest BCUT2D eigenvalue weighted by Gasteiger charge is -2.70. The maximum Gasteiger partial charge on any atom is 0.226 e. The number of nitrogens with one attached hydrogen (secondary N) is 1. The summed E-state index contributed by atoms with van der Waals surface area (Å²) >= 11 is 0. The number of fused-ring (bicyclic) bond motifs is 7. The fourth-order valence-corrected chi connectivity index (χ4v) is 10.8. The molecule has 5 heteroatoms. The van der Waals surface area contributed by atoms with Crippen molar-refractivity contribution in [1.29, 1.82) is 0 Å². The van der Waals surface area contributed by atoms with Crippen molar-refractivity contribution < 1.29 is 19.8 Å². The average Bonchev–Trinajstić information content (AvgIpc) is 2.82. The van der Waals surface area contributed by atoms with Crippen LogP contribution in [0.3, 0.4) is 0 Å². The van der Waals surface area contributed by atoms with E-state index in [-0.39, 0.29) is 57.5 Å². The number of aliphatic hydroxyl groups excluding tert-OH is 2. The van der Waals surface area contributed by atoms with Gasteiger partial charge in [-0.05, 0) is 103 Å². The van der Waals surface area contributed by atoms with Crippen LogP contribution in [-0.4, -0.2) is 41.2 Å². The Morgan fingerprint density at radius 3 is 2.32 bits per heavy atom. The predicted octanol–water partition coefficient (Wildman–Crippen LogP) is 5.44. The summed E-state index contributed by atoms with van der Waals surface area (Å²) in [5, 5.41) is 23.1. The van der Waals surface area contributed by atoms with Crippen LogP contribution < -0.4 is 5.32 Å². The van der Waals surface area contributed by atoms with Gasteiger partial charge in [-0.15, -0.1) is 0 Å². The lowest BCUT2D eigenvalue weighted by Crippen LogP contribution is -2.66. The predicted molar refractivity (Wildman–Crippen MR) is 146 cm³/mol. The molecule has 3 N–H and O–H groups in total. The zero-order valence-electron chi connectivity index (χ0n) is 24.4. The average molecular weight is 514 g/mol. The van der Waals surface area contributed by atoms with Crippen LogP contribution >= 0.6 is 0 Å². The molecule has 9 atom stereocenters. The molecule has 0 radical (unpaired) electrons. The summed E-state index contributed by atoms with van der Waals surface area (Å²) in [5.41, 5.74) is 0.483. The number of carbonyl (C=O) groups is 2. The van der Waals surface area contributed by atoms with E-state index < -0.39 is 5.41 Å². The molecule has 0 saturated heterocycles. The van der Waals surface area contributed by atoms with Crippen molar-refractivity contribution in [3.8, 4) is 0 Å². The van der Waals surface area contributed by atoms with Crippen LogP contribution in [0.25, 0.3) is 0 Å². The third-order valence-corrected chi connectivity index (χ3v) is 13.5. The molecule has 5 aliphatic rings. The van der Waals surface area contributed by atoms with Crippen LogP contribution in [0.15, 0.2) is 11.6 Å². The van der Waals surface area contributed by atoms with Gasteiger partial charge in [0.05, 0.1) is 12.7 Å². The topological polar surface area (TPSA) is 86.6 Å². The summed E-state index contributed by atoms with van der Waals surface area (Å²) in [4.78, 5) is 27.6.